The number of alkyl halides is 9. The van der Waals surface area contributed by atoms with E-state index in [1.54, 1.807) is 91.0 Å². The number of benzene rings is 9. The number of hydrogen-bond donors (Lipinski definition) is 8. The molecule has 3 aliphatic heterocycles. The van der Waals surface area contributed by atoms with Crippen molar-refractivity contribution in [2.24, 2.45) is 0 Å². The molecule has 9 aromatic carbocycles. The van der Waals surface area contributed by atoms with E-state index in [2.05, 4.69) is 56.2 Å². The molecular weight excluding hydrogens is 1650 g/mol. The van der Waals surface area contributed by atoms with Crippen molar-refractivity contribution in [3.63, 3.8) is 0 Å². The highest BCUT2D eigenvalue weighted by Gasteiger charge is 2.33. The van der Waals surface area contributed by atoms with E-state index >= 15 is 0 Å². The van der Waals surface area contributed by atoms with Crippen LogP contribution >= 0.6 is 0 Å². The van der Waals surface area contributed by atoms with Gasteiger partial charge in [0.1, 0.15) is 18.1 Å². The predicted molar refractivity (Wildman–Crippen MR) is 468 cm³/mol. The number of carbonyl (C=O) groups excluding carboxylic acids is 5. The Balaban J connectivity index is 0.000000167. The first-order chi connectivity index (χ1) is 61.0. The van der Waals surface area contributed by atoms with Crippen LogP contribution in [0.1, 0.15) is 159 Å². The fraction of sp³-hybridized carbons (Fsp3) is 0.227. The Morgan fingerprint density at radius 3 is 1.10 bits per heavy atom. The number of nitrogens with zero attached hydrogens (tertiary/aromatic N) is 6. The van der Waals surface area contributed by atoms with E-state index in [0.717, 1.165) is 143 Å². The molecule has 12 aromatic rings. The smallest absolute Gasteiger partial charge is 0.416 e. The number of rotatable bonds is 23. The molecule has 0 radical (unpaired) electrons. The van der Waals surface area contributed by atoms with Gasteiger partial charge in [0.15, 0.2) is 0 Å². The number of aromatic carboxylic acids is 1. The van der Waals surface area contributed by atoms with Crippen LogP contribution < -0.4 is 51.8 Å². The number of phenolic OH excluding ortho intramolecular Hbond substituents is 1. The summed E-state index contributed by atoms with van der Waals surface area (Å²) >= 11 is 0. The summed E-state index contributed by atoms with van der Waals surface area (Å²) in [5, 5.41) is 33.0. The third kappa shape index (κ3) is 24.7. The molecule has 3 aliphatic rings. The Kier molecular flexibility index (Phi) is 29.3. The van der Waals surface area contributed by atoms with Crippen molar-refractivity contribution in [3.8, 4) is 45.3 Å². The predicted octanol–water partition coefficient (Wildman–Crippen LogP) is 20.1. The SMILES string of the molecule is Nc1ccc(N2CCCCC2)cc1-c1cc(C(=O)NCc2cccc(C(F)(F)F)c2)ccn1.O=C(NCc1cccc(C(F)(F)F)c1)c1ccnc(-c2cc(N3CCCCC3)ccc2NC(=O)c2cccc(O)c2)c1.O=C(O)c1cccc(COc2cccc(C(=O)Nc3ccc(N4CCCCC4)cc3-c3cc(C(=O)NCc4cccc(C(F)(F)F)c4)ccn3)c2)c1. The maximum Gasteiger partial charge on any atom is 0.416 e. The number of aromatic nitrogens is 3. The van der Waals surface area contributed by atoms with Crippen LogP contribution in [-0.2, 0) is 44.8 Å². The molecule has 3 aromatic heterocycles. The van der Waals surface area contributed by atoms with Crippen molar-refractivity contribution >= 4 is 69.6 Å². The van der Waals surface area contributed by atoms with Crippen LogP contribution in [0.15, 0.2) is 255 Å². The van der Waals surface area contributed by atoms with E-state index in [0.29, 0.717) is 84.4 Å². The van der Waals surface area contributed by atoms with Gasteiger partial charge in [-0.15, -0.1) is 0 Å². The molecule has 3 saturated heterocycles. The number of phenols is 1. The zero-order chi connectivity index (χ0) is 89.8. The van der Waals surface area contributed by atoms with Crippen molar-refractivity contribution in [3.05, 3.63) is 328 Å². The molecular formula is C97H89F9N12O9. The average Bonchev–Trinajstić information content (AvgIpc) is 0.799. The molecule has 0 bridgehead atoms. The Hall–Kier alpha value is -14.6. The normalized spacial score (nSPS) is 13.4. The van der Waals surface area contributed by atoms with Gasteiger partial charge in [0, 0.05) is 145 Å². The summed E-state index contributed by atoms with van der Waals surface area (Å²) in [4.78, 5) is 97.1. The van der Waals surface area contributed by atoms with Crippen molar-refractivity contribution < 1.29 is 83.2 Å². The van der Waals surface area contributed by atoms with Crippen molar-refractivity contribution in [1.82, 2.24) is 30.9 Å². The van der Waals surface area contributed by atoms with E-state index < -0.39 is 70.7 Å². The third-order valence-electron chi connectivity index (χ3n) is 21.5. The third-order valence-corrected chi connectivity index (χ3v) is 21.5. The van der Waals surface area contributed by atoms with Crippen LogP contribution in [0, 0.1) is 0 Å². The maximum absolute atomic E-state index is 13.6. The van der Waals surface area contributed by atoms with Gasteiger partial charge in [-0.05, 0) is 256 Å². The summed E-state index contributed by atoms with van der Waals surface area (Å²) in [5.41, 5.74) is 14.9. The Bertz CT molecular complexity index is 5950. The number of amides is 5. The summed E-state index contributed by atoms with van der Waals surface area (Å²) in [5.74, 6) is -2.87. The molecule has 15 rings (SSSR count). The molecule has 21 nitrogen and oxygen atoms in total. The second kappa shape index (κ2) is 41.3. The number of nitrogen functional groups attached to an aromatic ring is 1. The highest BCUT2D eigenvalue weighted by atomic mass is 19.4. The molecule has 127 heavy (non-hydrogen) atoms. The topological polar surface area (TPSA) is 287 Å². The van der Waals surface area contributed by atoms with Gasteiger partial charge >= 0.3 is 24.5 Å². The molecule has 0 atom stereocenters. The number of carboxylic acid groups (broad SMARTS) is 1. The van der Waals surface area contributed by atoms with Gasteiger partial charge in [-0.25, -0.2) is 4.79 Å². The highest BCUT2D eigenvalue weighted by Crippen LogP contribution is 2.39. The summed E-state index contributed by atoms with van der Waals surface area (Å²) < 4.78 is 123. The minimum absolute atomic E-state index is 0.0208. The second-order valence-corrected chi connectivity index (χ2v) is 30.6. The molecule has 3 fully saturated rings. The Morgan fingerprint density at radius 2 is 0.701 bits per heavy atom. The number of carbonyl (C=O) groups is 6. The first kappa shape index (κ1) is 90.2. The standard InChI is InChI=1S/C40H35F3N4O5.C32H29F3N4O3.C25H25F3N4O/c41-40(42,43)31-11-5-7-26(20-31)24-45-37(48)29-15-16-44-36(22-29)34-23-32(47-17-2-1-3-18-47)13-14-35(34)46-38(49)28-9-6-12-33(21-28)52-25-27-8-4-10-30(19-27)39(50)51;33-32(34,35)24-8-4-6-21(16-24)20-37-30(41)23-12-13-36-29(18-23)27-19-25(39-14-2-1-3-15-39)10-11-28(27)38-31(42)22-7-5-9-26(40)17-22;26-25(27,28)19-6-4-5-17(13-19)16-31-24(33)18-9-10-30-23(14-18)21-15-20(7-8-22(21)29)32-11-2-1-3-12-32/h4-16,19-23H,1-3,17-18,24-25H2,(H,45,48)(H,46,49)(H,50,51);4-13,16-19,40H,1-3,14-15,20H2,(H,37,41)(H,38,42);4-10,13-15H,1-3,11-12,16,29H2,(H,31,33). The van der Waals surface area contributed by atoms with Gasteiger partial charge in [0.2, 0.25) is 0 Å². The van der Waals surface area contributed by atoms with Gasteiger partial charge in [0.25, 0.3) is 29.5 Å². The minimum Gasteiger partial charge on any atom is -0.508 e. The first-order valence-corrected chi connectivity index (χ1v) is 41.1. The number of ether oxygens (including phenoxy) is 1. The lowest BCUT2D eigenvalue weighted by atomic mass is 10.0. The molecule has 6 heterocycles. The number of halogens is 9. The van der Waals surface area contributed by atoms with Crippen LogP contribution in [0.2, 0.25) is 0 Å². The number of anilines is 6. The van der Waals surface area contributed by atoms with Crippen LogP contribution in [-0.4, -0.2) is 99.9 Å². The quantitative estimate of drug-likeness (QED) is 0.0218. The molecule has 0 spiro atoms. The molecule has 0 aliphatic carbocycles. The van der Waals surface area contributed by atoms with Gasteiger partial charge in [-0.2, -0.15) is 39.5 Å². The average molecular weight is 1740 g/mol. The largest absolute Gasteiger partial charge is 0.508 e. The lowest BCUT2D eigenvalue weighted by Gasteiger charge is -2.29. The second-order valence-electron chi connectivity index (χ2n) is 30.6. The summed E-state index contributed by atoms with van der Waals surface area (Å²) in [7, 11) is 0. The summed E-state index contributed by atoms with van der Waals surface area (Å²) in [6.07, 6.45) is 1.19. The zero-order valence-electron chi connectivity index (χ0n) is 68.6. The fourth-order valence-corrected chi connectivity index (χ4v) is 14.8. The van der Waals surface area contributed by atoms with Crippen LogP contribution in [0.25, 0.3) is 33.8 Å². The van der Waals surface area contributed by atoms with Gasteiger partial charge < -0.3 is 62.0 Å². The van der Waals surface area contributed by atoms with E-state index in [-0.39, 0.29) is 54.2 Å². The van der Waals surface area contributed by atoms with Crippen molar-refractivity contribution in [2.45, 2.75) is 103 Å². The molecule has 0 unspecified atom stereocenters. The monoisotopic (exact) mass is 1740 g/mol. The van der Waals surface area contributed by atoms with Crippen LogP contribution in [0.5, 0.6) is 11.5 Å². The Morgan fingerprint density at radius 1 is 0.354 bits per heavy atom. The maximum atomic E-state index is 13.6. The van der Waals surface area contributed by atoms with Crippen molar-refractivity contribution in [2.75, 3.05) is 70.3 Å². The number of carboxylic acids is 1. The molecule has 9 N–H and O–H groups in total. The number of piperidine rings is 3. The lowest BCUT2D eigenvalue weighted by Crippen LogP contribution is -2.29. The van der Waals surface area contributed by atoms with E-state index in [4.69, 9.17) is 10.5 Å². The Labute approximate surface area is 725 Å². The molecule has 0 saturated carbocycles. The summed E-state index contributed by atoms with van der Waals surface area (Å²) in [6.45, 7) is 5.44. The lowest BCUT2D eigenvalue weighted by molar-refractivity contribution is -0.138. The van der Waals surface area contributed by atoms with Crippen LogP contribution in [0.3, 0.4) is 0 Å². The van der Waals surface area contributed by atoms with E-state index in [1.165, 1.54) is 98.2 Å². The number of nitrogens with two attached hydrogens (primary N) is 1. The van der Waals surface area contributed by atoms with Crippen molar-refractivity contribution in [1.29, 1.82) is 0 Å². The minimum atomic E-state index is -4.50. The number of nitrogens with one attached hydrogen (secondary N) is 5. The van der Waals surface area contributed by atoms with E-state index in [1.807, 2.05) is 42.5 Å². The number of hydrogen-bond acceptors (Lipinski definition) is 15. The van der Waals surface area contributed by atoms with Crippen LogP contribution in [0.4, 0.5) is 73.6 Å². The number of pyridine rings is 3. The molecule has 5 amide bonds. The van der Waals surface area contributed by atoms with Gasteiger partial charge in [0.05, 0.1) is 50.7 Å². The summed E-state index contributed by atoms with van der Waals surface area (Å²) in [6, 6.07) is 60.1. The van der Waals surface area contributed by atoms with Gasteiger partial charge in [-0.3, -0.25) is 38.9 Å². The fourth-order valence-electron chi connectivity index (χ4n) is 14.8. The van der Waals surface area contributed by atoms with Gasteiger partial charge in [-0.1, -0.05) is 60.7 Å². The molecule has 30 heteroatoms. The number of aromatic hydroxyl groups is 1. The highest BCUT2D eigenvalue weighted by molar-refractivity contribution is 6.08. The molecule has 654 valence electrons. The first-order valence-electron chi connectivity index (χ1n) is 41.1. The van der Waals surface area contributed by atoms with E-state index in [9.17, 15) is 78.5 Å². The zero-order valence-corrected chi connectivity index (χ0v) is 68.6.